The molecule has 0 aliphatic heterocycles. The second kappa shape index (κ2) is 6.86. The molecule has 0 radical (unpaired) electrons. The minimum absolute atomic E-state index is 0.281. The molecule has 2 rings (SSSR count). The fraction of sp³-hybridized carbons (Fsp3) is 0.250. The summed E-state index contributed by atoms with van der Waals surface area (Å²) in [6, 6.07) is 15.8. The van der Waals surface area contributed by atoms with Crippen LogP contribution in [0.25, 0.3) is 11.1 Å². The van der Waals surface area contributed by atoms with E-state index in [9.17, 15) is 8.78 Å². The summed E-state index contributed by atoms with van der Waals surface area (Å²) >= 11 is 0.571. The molecular weight excluding hydrogens is 276 g/mol. The molecule has 1 nitrogen and oxygen atoms in total. The molecule has 0 saturated heterocycles. The highest BCUT2D eigenvalue weighted by molar-refractivity contribution is 7.99. The highest BCUT2D eigenvalue weighted by Gasteiger charge is 2.07. The van der Waals surface area contributed by atoms with Crippen LogP contribution in [0.3, 0.4) is 0 Å². The number of benzene rings is 2. The van der Waals surface area contributed by atoms with Crippen LogP contribution in [-0.2, 0) is 0 Å². The van der Waals surface area contributed by atoms with E-state index in [-0.39, 0.29) is 6.04 Å². The third-order valence-corrected chi connectivity index (χ3v) is 3.95. The van der Waals surface area contributed by atoms with Crippen LogP contribution in [0, 0.1) is 0 Å². The number of halogens is 2. The lowest BCUT2D eigenvalue weighted by molar-refractivity contribution is 0.252. The Morgan fingerprint density at radius 3 is 2.30 bits per heavy atom. The van der Waals surface area contributed by atoms with E-state index < -0.39 is 5.76 Å². The zero-order chi connectivity index (χ0) is 14.5. The molecule has 0 amide bonds. The van der Waals surface area contributed by atoms with Crippen molar-refractivity contribution in [1.29, 1.82) is 0 Å². The Balaban J connectivity index is 2.23. The van der Waals surface area contributed by atoms with Crippen molar-refractivity contribution in [3.63, 3.8) is 0 Å². The molecule has 0 saturated carbocycles. The van der Waals surface area contributed by atoms with Crippen molar-refractivity contribution in [2.45, 2.75) is 23.6 Å². The Hall–Kier alpha value is -1.39. The average molecular weight is 293 g/mol. The zero-order valence-electron chi connectivity index (χ0n) is 11.4. The summed E-state index contributed by atoms with van der Waals surface area (Å²) in [7, 11) is 1.92. The van der Waals surface area contributed by atoms with Gasteiger partial charge in [0.15, 0.2) is 0 Å². The van der Waals surface area contributed by atoms with Gasteiger partial charge in [0.2, 0.25) is 0 Å². The molecule has 0 aliphatic carbocycles. The van der Waals surface area contributed by atoms with Gasteiger partial charge in [0, 0.05) is 10.9 Å². The number of hydrogen-bond donors (Lipinski definition) is 1. The number of hydrogen-bond acceptors (Lipinski definition) is 2. The highest BCUT2D eigenvalue weighted by atomic mass is 32.2. The van der Waals surface area contributed by atoms with Gasteiger partial charge in [-0.25, -0.2) is 0 Å². The fourth-order valence-corrected chi connectivity index (χ4v) is 2.48. The van der Waals surface area contributed by atoms with Crippen molar-refractivity contribution in [2.75, 3.05) is 7.05 Å². The Labute approximate surface area is 122 Å². The summed E-state index contributed by atoms with van der Waals surface area (Å²) in [6.45, 7) is 2.10. The summed E-state index contributed by atoms with van der Waals surface area (Å²) in [5.74, 6) is -2.37. The molecular formula is C16H17F2NS. The van der Waals surface area contributed by atoms with Gasteiger partial charge in [-0.1, -0.05) is 42.1 Å². The van der Waals surface area contributed by atoms with E-state index in [1.807, 2.05) is 31.3 Å². The molecule has 0 heterocycles. The van der Waals surface area contributed by atoms with Gasteiger partial charge in [0.1, 0.15) is 0 Å². The molecule has 2 aromatic rings. The molecule has 106 valence electrons. The van der Waals surface area contributed by atoms with Crippen LogP contribution in [0.15, 0.2) is 53.4 Å². The summed E-state index contributed by atoms with van der Waals surface area (Å²) in [6.07, 6.45) is 0. The first-order valence-electron chi connectivity index (χ1n) is 6.42. The lowest BCUT2D eigenvalue weighted by Crippen LogP contribution is -2.12. The van der Waals surface area contributed by atoms with Crippen molar-refractivity contribution < 1.29 is 8.78 Å². The number of rotatable bonds is 5. The number of nitrogens with one attached hydrogen (secondary N) is 1. The van der Waals surface area contributed by atoms with E-state index in [0.717, 1.165) is 11.1 Å². The van der Waals surface area contributed by atoms with Crippen molar-refractivity contribution in [2.24, 2.45) is 0 Å². The van der Waals surface area contributed by atoms with Crippen LogP contribution in [-0.4, -0.2) is 12.8 Å². The van der Waals surface area contributed by atoms with Gasteiger partial charge in [-0.05, 0) is 48.9 Å². The van der Waals surface area contributed by atoms with Crippen molar-refractivity contribution >= 4 is 11.8 Å². The predicted molar refractivity (Wildman–Crippen MR) is 81.2 cm³/mol. The average Bonchev–Trinajstić information content (AvgIpc) is 2.47. The van der Waals surface area contributed by atoms with E-state index in [1.54, 1.807) is 12.1 Å². The second-order valence-corrected chi connectivity index (χ2v) is 5.60. The van der Waals surface area contributed by atoms with Crippen LogP contribution < -0.4 is 5.32 Å². The molecule has 4 heteroatoms. The SMILES string of the molecule is CNC(C)c1cccc(-c2ccc(SC(F)F)cc2)c1. The van der Waals surface area contributed by atoms with E-state index in [1.165, 1.54) is 5.56 Å². The van der Waals surface area contributed by atoms with Crippen molar-refractivity contribution in [1.82, 2.24) is 5.32 Å². The summed E-state index contributed by atoms with van der Waals surface area (Å²) in [5, 5.41) is 3.20. The molecule has 0 bridgehead atoms. The normalized spacial score (nSPS) is 12.7. The fourth-order valence-electron chi connectivity index (χ4n) is 1.98. The monoisotopic (exact) mass is 293 g/mol. The van der Waals surface area contributed by atoms with Crippen LogP contribution in [0.4, 0.5) is 8.78 Å². The molecule has 0 aliphatic rings. The number of thioether (sulfide) groups is 1. The Morgan fingerprint density at radius 2 is 1.70 bits per heavy atom. The smallest absolute Gasteiger partial charge is 0.288 e. The first-order chi connectivity index (χ1) is 9.60. The maximum atomic E-state index is 12.3. The Kier molecular flexibility index (Phi) is 5.15. The standard InChI is InChI=1S/C16H17F2NS/c1-11(19-2)13-4-3-5-14(10-13)12-6-8-15(9-7-12)20-16(17)18/h3-11,16,19H,1-2H3. The quantitative estimate of drug-likeness (QED) is 0.783. The molecule has 1 N–H and O–H groups in total. The largest absolute Gasteiger partial charge is 0.313 e. The summed E-state index contributed by atoms with van der Waals surface area (Å²) < 4.78 is 24.6. The van der Waals surface area contributed by atoms with Crippen LogP contribution in [0.2, 0.25) is 0 Å². The first-order valence-corrected chi connectivity index (χ1v) is 7.30. The van der Waals surface area contributed by atoms with Gasteiger partial charge >= 0.3 is 0 Å². The molecule has 0 spiro atoms. The molecule has 1 atom stereocenters. The number of alkyl halides is 2. The van der Waals surface area contributed by atoms with Gasteiger partial charge in [0.25, 0.3) is 5.76 Å². The minimum atomic E-state index is -2.37. The van der Waals surface area contributed by atoms with Gasteiger partial charge < -0.3 is 5.32 Å². The maximum Gasteiger partial charge on any atom is 0.288 e. The molecule has 2 aromatic carbocycles. The van der Waals surface area contributed by atoms with Crippen LogP contribution in [0.1, 0.15) is 18.5 Å². The van der Waals surface area contributed by atoms with E-state index in [2.05, 4.69) is 24.4 Å². The minimum Gasteiger partial charge on any atom is -0.313 e. The van der Waals surface area contributed by atoms with E-state index in [0.29, 0.717) is 16.7 Å². The van der Waals surface area contributed by atoms with E-state index in [4.69, 9.17) is 0 Å². The third kappa shape index (κ3) is 3.81. The first kappa shape index (κ1) is 15.0. The van der Waals surface area contributed by atoms with E-state index >= 15 is 0 Å². The molecule has 0 aromatic heterocycles. The topological polar surface area (TPSA) is 12.0 Å². The molecule has 20 heavy (non-hydrogen) atoms. The zero-order valence-corrected chi connectivity index (χ0v) is 12.3. The van der Waals surface area contributed by atoms with Crippen molar-refractivity contribution in [3.05, 3.63) is 54.1 Å². The Bertz CT molecular complexity index is 555. The highest BCUT2D eigenvalue weighted by Crippen LogP contribution is 2.29. The second-order valence-electron chi connectivity index (χ2n) is 4.54. The van der Waals surface area contributed by atoms with Crippen molar-refractivity contribution in [3.8, 4) is 11.1 Å². The van der Waals surface area contributed by atoms with Gasteiger partial charge in [-0.3, -0.25) is 0 Å². The summed E-state index contributed by atoms with van der Waals surface area (Å²) in [5.41, 5.74) is 3.34. The lowest BCUT2D eigenvalue weighted by atomic mass is 10.0. The molecule has 0 fully saturated rings. The van der Waals surface area contributed by atoms with Crippen LogP contribution >= 0.6 is 11.8 Å². The third-order valence-electron chi connectivity index (χ3n) is 3.23. The van der Waals surface area contributed by atoms with Gasteiger partial charge in [-0.15, -0.1) is 0 Å². The predicted octanol–water partition coefficient (Wildman–Crippen LogP) is 4.95. The van der Waals surface area contributed by atoms with Gasteiger partial charge in [-0.2, -0.15) is 8.78 Å². The van der Waals surface area contributed by atoms with Crippen LogP contribution in [0.5, 0.6) is 0 Å². The summed E-state index contributed by atoms with van der Waals surface area (Å²) in [4.78, 5) is 0.587. The Morgan fingerprint density at radius 1 is 1.00 bits per heavy atom. The van der Waals surface area contributed by atoms with Gasteiger partial charge in [0.05, 0.1) is 0 Å². The maximum absolute atomic E-state index is 12.3. The molecule has 1 unspecified atom stereocenters. The lowest BCUT2D eigenvalue weighted by Gasteiger charge is -2.12.